The predicted octanol–water partition coefficient (Wildman–Crippen LogP) is 1.48. The van der Waals surface area contributed by atoms with E-state index in [1.807, 2.05) is 13.8 Å². The Morgan fingerprint density at radius 1 is 1.42 bits per heavy atom. The number of rotatable bonds is 5. The summed E-state index contributed by atoms with van der Waals surface area (Å²) in [5.74, 6) is -1.42. The molecule has 0 saturated heterocycles. The molecule has 104 valence electrons. The molecule has 0 aromatic heterocycles. The Balaban J connectivity index is 2.43. The van der Waals surface area contributed by atoms with Gasteiger partial charge in [0.2, 0.25) is 5.91 Å². The number of carbonyl (C=O) groups excluding carboxylic acids is 2. The van der Waals surface area contributed by atoms with Gasteiger partial charge in [0.25, 0.3) is 0 Å². The van der Waals surface area contributed by atoms with Gasteiger partial charge in [-0.1, -0.05) is 0 Å². The molecule has 0 fully saturated rings. The number of amides is 1. The Morgan fingerprint density at radius 2 is 2.11 bits per heavy atom. The fourth-order valence-electron chi connectivity index (χ4n) is 1.38. The maximum atomic E-state index is 12.9. The van der Waals surface area contributed by atoms with E-state index in [1.165, 1.54) is 12.1 Å². The zero-order valence-electron chi connectivity index (χ0n) is 10.9. The summed E-state index contributed by atoms with van der Waals surface area (Å²) < 4.78 is 17.8. The molecule has 0 aliphatic heterocycles. The standard InChI is InChI=1S/C13H17FN2O3/c1-8(2)16-12(17)5-6-19-13(18)9-3-4-10(14)11(15)7-9/h3-4,7-8H,5-6,15H2,1-2H3,(H,16,17). The fraction of sp³-hybridized carbons (Fsp3) is 0.385. The topological polar surface area (TPSA) is 81.4 Å². The van der Waals surface area contributed by atoms with E-state index in [9.17, 15) is 14.0 Å². The summed E-state index contributed by atoms with van der Waals surface area (Å²) in [4.78, 5) is 22.9. The molecule has 0 atom stereocenters. The van der Waals surface area contributed by atoms with Crippen LogP contribution in [0.5, 0.6) is 0 Å². The third kappa shape index (κ3) is 4.95. The Labute approximate surface area is 110 Å². The smallest absolute Gasteiger partial charge is 0.338 e. The Hall–Kier alpha value is -2.11. The van der Waals surface area contributed by atoms with Crippen LogP contribution in [0.15, 0.2) is 18.2 Å². The normalized spacial score (nSPS) is 10.3. The molecule has 1 rings (SSSR count). The third-order valence-corrected chi connectivity index (χ3v) is 2.24. The molecule has 1 aromatic carbocycles. The number of nitrogen functional groups attached to an aromatic ring is 1. The first-order valence-electron chi connectivity index (χ1n) is 5.91. The van der Waals surface area contributed by atoms with E-state index in [0.717, 1.165) is 6.07 Å². The summed E-state index contributed by atoms with van der Waals surface area (Å²) in [5, 5.41) is 2.67. The number of nitrogens with two attached hydrogens (primary N) is 1. The van der Waals surface area contributed by atoms with Gasteiger partial charge in [-0.25, -0.2) is 9.18 Å². The van der Waals surface area contributed by atoms with E-state index in [4.69, 9.17) is 10.5 Å². The lowest BCUT2D eigenvalue weighted by Crippen LogP contribution is -2.31. The number of carbonyl (C=O) groups is 2. The van der Waals surface area contributed by atoms with Crippen molar-refractivity contribution in [3.8, 4) is 0 Å². The molecule has 0 saturated carbocycles. The first kappa shape index (κ1) is 14.9. The van der Waals surface area contributed by atoms with Crippen LogP contribution in [0.25, 0.3) is 0 Å². The first-order valence-corrected chi connectivity index (χ1v) is 5.91. The SMILES string of the molecule is CC(C)NC(=O)CCOC(=O)c1ccc(F)c(N)c1. The van der Waals surface area contributed by atoms with Crippen LogP contribution in [0.3, 0.4) is 0 Å². The molecule has 0 aliphatic carbocycles. The van der Waals surface area contributed by atoms with Gasteiger partial charge < -0.3 is 15.8 Å². The number of halogens is 1. The van der Waals surface area contributed by atoms with Gasteiger partial charge in [0.1, 0.15) is 12.4 Å². The predicted molar refractivity (Wildman–Crippen MR) is 69.0 cm³/mol. The highest BCUT2D eigenvalue weighted by molar-refractivity contribution is 5.90. The van der Waals surface area contributed by atoms with E-state index in [0.29, 0.717) is 0 Å². The highest BCUT2D eigenvalue weighted by Crippen LogP contribution is 2.13. The minimum Gasteiger partial charge on any atom is -0.462 e. The van der Waals surface area contributed by atoms with Crippen LogP contribution >= 0.6 is 0 Å². The second-order valence-electron chi connectivity index (χ2n) is 4.34. The molecular weight excluding hydrogens is 251 g/mol. The van der Waals surface area contributed by atoms with Crippen LogP contribution in [-0.2, 0) is 9.53 Å². The minimum atomic E-state index is -0.635. The average molecular weight is 268 g/mol. The first-order chi connectivity index (χ1) is 8.90. The largest absolute Gasteiger partial charge is 0.462 e. The van der Waals surface area contributed by atoms with Crippen LogP contribution in [-0.4, -0.2) is 24.5 Å². The monoisotopic (exact) mass is 268 g/mol. The molecule has 1 aromatic rings. The van der Waals surface area contributed by atoms with E-state index in [1.54, 1.807) is 0 Å². The average Bonchev–Trinajstić information content (AvgIpc) is 2.31. The van der Waals surface area contributed by atoms with Crippen LogP contribution in [0, 0.1) is 5.82 Å². The van der Waals surface area contributed by atoms with Gasteiger partial charge in [-0.05, 0) is 32.0 Å². The van der Waals surface area contributed by atoms with Crippen molar-refractivity contribution in [3.05, 3.63) is 29.6 Å². The van der Waals surface area contributed by atoms with Crippen molar-refractivity contribution in [2.24, 2.45) is 0 Å². The lowest BCUT2D eigenvalue weighted by Gasteiger charge is -2.09. The molecule has 0 bridgehead atoms. The molecule has 19 heavy (non-hydrogen) atoms. The molecule has 6 heteroatoms. The highest BCUT2D eigenvalue weighted by Gasteiger charge is 2.10. The van der Waals surface area contributed by atoms with Gasteiger partial charge in [-0.15, -0.1) is 0 Å². The van der Waals surface area contributed by atoms with E-state index in [2.05, 4.69) is 5.32 Å². The van der Waals surface area contributed by atoms with E-state index >= 15 is 0 Å². The lowest BCUT2D eigenvalue weighted by atomic mass is 10.2. The van der Waals surface area contributed by atoms with Crippen molar-refractivity contribution in [3.63, 3.8) is 0 Å². The summed E-state index contributed by atoms with van der Waals surface area (Å²) in [6, 6.07) is 3.62. The summed E-state index contributed by atoms with van der Waals surface area (Å²) in [7, 11) is 0. The van der Waals surface area contributed by atoms with Gasteiger partial charge in [0.05, 0.1) is 17.7 Å². The number of hydrogen-bond donors (Lipinski definition) is 2. The lowest BCUT2D eigenvalue weighted by molar-refractivity contribution is -0.122. The van der Waals surface area contributed by atoms with Gasteiger partial charge in [-0.3, -0.25) is 4.79 Å². The van der Waals surface area contributed by atoms with Crippen LogP contribution in [0.4, 0.5) is 10.1 Å². The Morgan fingerprint density at radius 3 is 2.68 bits per heavy atom. The highest BCUT2D eigenvalue weighted by atomic mass is 19.1. The maximum Gasteiger partial charge on any atom is 0.338 e. The molecule has 0 heterocycles. The molecule has 0 aliphatic rings. The summed E-state index contributed by atoms with van der Waals surface area (Å²) in [5.41, 5.74) is 5.38. The van der Waals surface area contributed by atoms with Gasteiger partial charge in [0, 0.05) is 6.04 Å². The third-order valence-electron chi connectivity index (χ3n) is 2.24. The van der Waals surface area contributed by atoms with Crippen molar-refractivity contribution >= 4 is 17.6 Å². The Kier molecular flexibility index (Phi) is 5.29. The molecule has 0 unspecified atom stereocenters. The zero-order chi connectivity index (χ0) is 14.4. The fourth-order valence-corrected chi connectivity index (χ4v) is 1.38. The number of nitrogens with one attached hydrogen (secondary N) is 1. The van der Waals surface area contributed by atoms with E-state index in [-0.39, 0.29) is 36.2 Å². The molecular formula is C13H17FN2O3. The maximum absolute atomic E-state index is 12.9. The molecule has 1 amide bonds. The van der Waals surface area contributed by atoms with Crippen molar-refractivity contribution < 1.29 is 18.7 Å². The van der Waals surface area contributed by atoms with Crippen molar-refractivity contribution in [2.45, 2.75) is 26.3 Å². The summed E-state index contributed by atoms with van der Waals surface area (Å²) in [6.07, 6.45) is 0.0839. The van der Waals surface area contributed by atoms with Crippen LogP contribution in [0.1, 0.15) is 30.6 Å². The number of anilines is 1. The number of benzene rings is 1. The number of hydrogen-bond acceptors (Lipinski definition) is 4. The number of esters is 1. The second-order valence-corrected chi connectivity index (χ2v) is 4.34. The van der Waals surface area contributed by atoms with Crippen LogP contribution < -0.4 is 11.1 Å². The summed E-state index contributed by atoms with van der Waals surface area (Å²) >= 11 is 0. The minimum absolute atomic E-state index is 0.0331. The molecule has 0 spiro atoms. The second kappa shape index (κ2) is 6.72. The summed E-state index contributed by atoms with van der Waals surface area (Å²) in [6.45, 7) is 3.64. The zero-order valence-corrected chi connectivity index (χ0v) is 10.9. The van der Waals surface area contributed by atoms with Gasteiger partial charge in [0.15, 0.2) is 0 Å². The number of ether oxygens (including phenoxy) is 1. The van der Waals surface area contributed by atoms with Crippen molar-refractivity contribution in [1.29, 1.82) is 0 Å². The molecule has 3 N–H and O–H groups in total. The van der Waals surface area contributed by atoms with Crippen LogP contribution in [0.2, 0.25) is 0 Å². The Bertz CT molecular complexity index is 475. The van der Waals surface area contributed by atoms with Gasteiger partial charge in [-0.2, -0.15) is 0 Å². The molecule has 5 nitrogen and oxygen atoms in total. The van der Waals surface area contributed by atoms with Gasteiger partial charge >= 0.3 is 5.97 Å². The quantitative estimate of drug-likeness (QED) is 0.626. The van der Waals surface area contributed by atoms with E-state index < -0.39 is 11.8 Å². The van der Waals surface area contributed by atoms with Crippen molar-refractivity contribution in [1.82, 2.24) is 5.32 Å². The molecule has 0 radical (unpaired) electrons. The van der Waals surface area contributed by atoms with Crippen molar-refractivity contribution in [2.75, 3.05) is 12.3 Å².